The zero-order chi connectivity index (χ0) is 18.8. The Morgan fingerprint density at radius 1 is 1.12 bits per heavy atom. The van der Waals surface area contributed by atoms with Crippen molar-refractivity contribution < 1.29 is 24.6 Å². The van der Waals surface area contributed by atoms with Gasteiger partial charge in [-0.1, -0.05) is 20.8 Å². The molecule has 7 heteroatoms. The van der Waals surface area contributed by atoms with Gasteiger partial charge in [0.2, 0.25) is 11.8 Å². The number of carboxylic acids is 1. The molecule has 0 radical (unpaired) electrons. The molecule has 2 saturated heterocycles. The third-order valence-corrected chi connectivity index (χ3v) is 5.28. The summed E-state index contributed by atoms with van der Waals surface area (Å²) in [5, 5.41) is 19.1. The summed E-state index contributed by atoms with van der Waals surface area (Å²) >= 11 is 0. The van der Waals surface area contributed by atoms with E-state index < -0.39 is 29.4 Å². The Balaban J connectivity index is 2.15. The van der Waals surface area contributed by atoms with Gasteiger partial charge in [0, 0.05) is 32.5 Å². The number of likely N-dealkylation sites (tertiary alicyclic amines) is 2. The number of hydrogen-bond donors (Lipinski definition) is 2. The molecule has 3 atom stereocenters. The lowest BCUT2D eigenvalue weighted by atomic mass is 9.77. The molecule has 7 nitrogen and oxygen atoms in total. The van der Waals surface area contributed by atoms with Crippen LogP contribution in [-0.4, -0.2) is 69.6 Å². The van der Waals surface area contributed by atoms with Crippen LogP contribution in [0.2, 0.25) is 0 Å². The van der Waals surface area contributed by atoms with Gasteiger partial charge in [-0.05, 0) is 24.7 Å². The van der Waals surface area contributed by atoms with Crippen molar-refractivity contribution in [1.29, 1.82) is 0 Å². The van der Waals surface area contributed by atoms with Crippen molar-refractivity contribution in [3.63, 3.8) is 0 Å². The van der Waals surface area contributed by atoms with Gasteiger partial charge in [0.1, 0.15) is 6.04 Å². The molecular weight excluding hydrogens is 324 g/mol. The number of piperidine rings is 1. The van der Waals surface area contributed by atoms with Crippen LogP contribution in [0.4, 0.5) is 0 Å². The summed E-state index contributed by atoms with van der Waals surface area (Å²) in [6.45, 7) is 7.14. The standard InChI is InChI=1S/C18H30N2O5/c1-18(2,3)13(10-15(22)19-7-5-4-6-8-19)16(23)20-11-12(21)9-14(20)17(24)25/h12-14,21H,4-11H2,1-3H3,(H,24,25)/t12-,13?,14+/m1/s1. The van der Waals surface area contributed by atoms with Crippen LogP contribution in [0.25, 0.3) is 0 Å². The Labute approximate surface area is 149 Å². The number of nitrogens with zero attached hydrogens (tertiary/aromatic N) is 2. The van der Waals surface area contributed by atoms with Crippen LogP contribution in [-0.2, 0) is 14.4 Å². The van der Waals surface area contributed by atoms with Gasteiger partial charge in [-0.25, -0.2) is 4.79 Å². The topological polar surface area (TPSA) is 98.2 Å². The van der Waals surface area contributed by atoms with Crippen molar-refractivity contribution in [2.45, 2.75) is 65.0 Å². The Hall–Kier alpha value is -1.63. The van der Waals surface area contributed by atoms with Crippen molar-refractivity contribution >= 4 is 17.8 Å². The first-order valence-corrected chi connectivity index (χ1v) is 9.10. The van der Waals surface area contributed by atoms with Crippen molar-refractivity contribution in [3.8, 4) is 0 Å². The van der Waals surface area contributed by atoms with E-state index in [4.69, 9.17) is 0 Å². The summed E-state index contributed by atoms with van der Waals surface area (Å²) in [6.07, 6.45) is 2.39. The van der Waals surface area contributed by atoms with E-state index in [2.05, 4.69) is 0 Å². The third kappa shape index (κ3) is 4.71. The Morgan fingerprint density at radius 3 is 2.24 bits per heavy atom. The molecule has 2 N–H and O–H groups in total. The van der Waals surface area contributed by atoms with Gasteiger partial charge in [0.15, 0.2) is 0 Å². The van der Waals surface area contributed by atoms with Crippen molar-refractivity contribution in [3.05, 3.63) is 0 Å². The van der Waals surface area contributed by atoms with E-state index in [1.165, 1.54) is 4.90 Å². The van der Waals surface area contributed by atoms with E-state index in [1.807, 2.05) is 25.7 Å². The van der Waals surface area contributed by atoms with Crippen LogP contribution in [0.3, 0.4) is 0 Å². The summed E-state index contributed by atoms with van der Waals surface area (Å²) < 4.78 is 0. The largest absolute Gasteiger partial charge is 0.480 e. The smallest absolute Gasteiger partial charge is 0.326 e. The van der Waals surface area contributed by atoms with Gasteiger partial charge < -0.3 is 20.0 Å². The summed E-state index contributed by atoms with van der Waals surface area (Å²) in [4.78, 5) is 40.2. The number of carbonyl (C=O) groups is 3. The van der Waals surface area contributed by atoms with Crippen molar-refractivity contribution in [2.24, 2.45) is 11.3 Å². The van der Waals surface area contributed by atoms with E-state index in [0.717, 1.165) is 32.4 Å². The molecule has 0 saturated carbocycles. The first kappa shape index (κ1) is 19.7. The quantitative estimate of drug-likeness (QED) is 0.788. The molecular formula is C18H30N2O5. The lowest BCUT2D eigenvalue weighted by Crippen LogP contribution is -2.48. The molecule has 2 heterocycles. The zero-order valence-corrected chi connectivity index (χ0v) is 15.4. The number of aliphatic hydroxyl groups is 1. The number of rotatable bonds is 4. The molecule has 0 aromatic heterocycles. The summed E-state index contributed by atoms with van der Waals surface area (Å²) in [5.74, 6) is -2.10. The van der Waals surface area contributed by atoms with E-state index in [9.17, 15) is 24.6 Å². The minimum Gasteiger partial charge on any atom is -0.480 e. The second kappa shape index (κ2) is 7.72. The average molecular weight is 354 g/mol. The molecule has 2 rings (SSSR count). The molecule has 0 aromatic rings. The molecule has 25 heavy (non-hydrogen) atoms. The number of aliphatic carboxylic acids is 1. The fraction of sp³-hybridized carbons (Fsp3) is 0.833. The first-order valence-electron chi connectivity index (χ1n) is 9.10. The van der Waals surface area contributed by atoms with Gasteiger partial charge in [0.05, 0.1) is 12.0 Å². The van der Waals surface area contributed by atoms with Gasteiger partial charge >= 0.3 is 5.97 Å². The van der Waals surface area contributed by atoms with Gasteiger partial charge in [-0.3, -0.25) is 9.59 Å². The summed E-state index contributed by atoms with van der Waals surface area (Å²) in [6, 6.07) is -1.02. The van der Waals surface area contributed by atoms with Gasteiger partial charge in [0.25, 0.3) is 0 Å². The number of carboxylic acid groups (broad SMARTS) is 1. The molecule has 0 aliphatic carbocycles. The average Bonchev–Trinajstić information content (AvgIpc) is 2.93. The second-order valence-corrected chi connectivity index (χ2v) is 8.30. The molecule has 142 valence electrons. The lowest BCUT2D eigenvalue weighted by molar-refractivity contribution is -0.153. The molecule has 0 aromatic carbocycles. The van der Waals surface area contributed by atoms with Crippen LogP contribution >= 0.6 is 0 Å². The molecule has 0 bridgehead atoms. The normalized spacial score (nSPS) is 25.8. The Bertz CT molecular complexity index is 522. The van der Waals surface area contributed by atoms with Crippen LogP contribution in [0.15, 0.2) is 0 Å². The number of carbonyl (C=O) groups excluding carboxylic acids is 2. The summed E-state index contributed by atoms with van der Waals surface area (Å²) in [5.41, 5.74) is -0.473. The van der Waals surface area contributed by atoms with Crippen LogP contribution in [0.1, 0.15) is 52.9 Å². The minimum atomic E-state index is -1.11. The van der Waals surface area contributed by atoms with Gasteiger partial charge in [-0.2, -0.15) is 0 Å². The first-order chi connectivity index (χ1) is 11.6. The third-order valence-electron chi connectivity index (χ3n) is 5.28. The highest BCUT2D eigenvalue weighted by Gasteiger charge is 2.44. The number of aliphatic hydroxyl groups excluding tert-OH is 1. The Morgan fingerprint density at radius 2 is 1.72 bits per heavy atom. The van der Waals surface area contributed by atoms with E-state index in [-0.39, 0.29) is 31.2 Å². The second-order valence-electron chi connectivity index (χ2n) is 8.30. The van der Waals surface area contributed by atoms with Crippen LogP contribution in [0, 0.1) is 11.3 Å². The Kier molecular flexibility index (Phi) is 6.08. The van der Waals surface area contributed by atoms with Crippen LogP contribution < -0.4 is 0 Å². The predicted molar refractivity (Wildman–Crippen MR) is 91.8 cm³/mol. The molecule has 2 aliphatic rings. The molecule has 2 fully saturated rings. The van der Waals surface area contributed by atoms with E-state index >= 15 is 0 Å². The maximum Gasteiger partial charge on any atom is 0.326 e. The van der Waals surface area contributed by atoms with E-state index in [1.54, 1.807) is 0 Å². The maximum atomic E-state index is 13.1. The number of hydrogen-bond acceptors (Lipinski definition) is 4. The van der Waals surface area contributed by atoms with Crippen molar-refractivity contribution in [1.82, 2.24) is 9.80 Å². The monoisotopic (exact) mass is 354 g/mol. The highest BCUT2D eigenvalue weighted by molar-refractivity contribution is 5.89. The lowest BCUT2D eigenvalue weighted by Gasteiger charge is -2.36. The maximum absolute atomic E-state index is 13.1. The molecule has 2 amide bonds. The van der Waals surface area contributed by atoms with Gasteiger partial charge in [-0.15, -0.1) is 0 Å². The highest BCUT2D eigenvalue weighted by atomic mass is 16.4. The van der Waals surface area contributed by atoms with Crippen LogP contribution in [0.5, 0.6) is 0 Å². The fourth-order valence-electron chi connectivity index (χ4n) is 3.70. The predicted octanol–water partition coefficient (Wildman–Crippen LogP) is 1.10. The highest BCUT2D eigenvalue weighted by Crippen LogP contribution is 2.34. The fourth-order valence-corrected chi connectivity index (χ4v) is 3.70. The molecule has 2 aliphatic heterocycles. The summed E-state index contributed by atoms with van der Waals surface area (Å²) in [7, 11) is 0. The van der Waals surface area contributed by atoms with E-state index in [0.29, 0.717) is 0 Å². The van der Waals surface area contributed by atoms with Crippen molar-refractivity contribution in [2.75, 3.05) is 19.6 Å². The molecule has 0 spiro atoms. The number of amides is 2. The zero-order valence-electron chi connectivity index (χ0n) is 15.4. The number of β-amino-alcohol motifs (C(OH)–C–C–N with tert-alkyl or cyclic N) is 1. The molecule has 1 unspecified atom stereocenters. The minimum absolute atomic E-state index is 0.0142. The SMILES string of the molecule is CC(C)(C)C(CC(=O)N1CCCCC1)C(=O)N1C[C@H](O)C[C@H]1C(=O)O.